The molecule has 5 nitrogen and oxygen atoms in total. The molecular formula is C25H27ClN4O. The number of fused-ring (bicyclic) bond motifs is 1. The molecule has 160 valence electrons. The summed E-state index contributed by atoms with van der Waals surface area (Å²) >= 11 is 6.54. The van der Waals surface area contributed by atoms with Gasteiger partial charge in [0.15, 0.2) is 5.82 Å². The van der Waals surface area contributed by atoms with E-state index in [1.54, 1.807) is 0 Å². The molecule has 4 rings (SSSR count). The number of aromatic nitrogens is 2. The predicted octanol–water partition coefficient (Wildman–Crippen LogP) is 4.85. The monoisotopic (exact) mass is 434 g/mol. The van der Waals surface area contributed by atoms with E-state index in [0.717, 1.165) is 34.0 Å². The number of amides is 1. The van der Waals surface area contributed by atoms with Crippen LogP contribution in [0.4, 0.5) is 5.82 Å². The summed E-state index contributed by atoms with van der Waals surface area (Å²) in [7, 11) is 2.04. The van der Waals surface area contributed by atoms with Gasteiger partial charge in [0.25, 0.3) is 0 Å². The van der Waals surface area contributed by atoms with Gasteiger partial charge < -0.3 is 9.80 Å². The molecule has 1 aromatic heterocycles. The lowest BCUT2D eigenvalue weighted by atomic mass is 10.0. The van der Waals surface area contributed by atoms with Crippen LogP contribution in [0.2, 0.25) is 0 Å². The molecule has 2 aromatic carbocycles. The zero-order chi connectivity index (χ0) is 22.0. The largest absolute Gasteiger partial charge is 0.357 e. The number of benzene rings is 2. The van der Waals surface area contributed by atoms with Gasteiger partial charge in [0.1, 0.15) is 11.2 Å². The number of alkyl halides is 1. The zero-order valence-corrected chi connectivity index (χ0v) is 18.9. The van der Waals surface area contributed by atoms with Crippen molar-refractivity contribution in [1.82, 2.24) is 14.9 Å². The quantitative estimate of drug-likeness (QED) is 0.538. The summed E-state index contributed by atoms with van der Waals surface area (Å²) in [5.74, 6) is 1.52. The molecule has 0 fully saturated rings. The summed E-state index contributed by atoms with van der Waals surface area (Å²) < 4.78 is 0. The van der Waals surface area contributed by atoms with Crippen LogP contribution in [0.3, 0.4) is 0 Å². The van der Waals surface area contributed by atoms with Gasteiger partial charge in [-0.2, -0.15) is 0 Å². The summed E-state index contributed by atoms with van der Waals surface area (Å²) in [6.45, 7) is 5.32. The van der Waals surface area contributed by atoms with Gasteiger partial charge in [0.2, 0.25) is 5.91 Å². The minimum absolute atomic E-state index is 0.0798. The van der Waals surface area contributed by atoms with Crippen LogP contribution >= 0.6 is 11.6 Å². The van der Waals surface area contributed by atoms with E-state index in [2.05, 4.69) is 18.7 Å². The summed E-state index contributed by atoms with van der Waals surface area (Å²) in [6, 6.07) is 19.8. The van der Waals surface area contributed by atoms with Crippen molar-refractivity contribution < 1.29 is 4.79 Å². The van der Waals surface area contributed by atoms with Gasteiger partial charge in [-0.1, -0.05) is 60.7 Å². The Kier molecular flexibility index (Phi) is 6.23. The van der Waals surface area contributed by atoms with Gasteiger partial charge in [-0.15, -0.1) is 11.6 Å². The Balaban J connectivity index is 1.68. The fraction of sp³-hybridized carbons (Fsp3) is 0.320. The highest BCUT2D eigenvalue weighted by molar-refractivity contribution is 6.30. The first-order chi connectivity index (χ1) is 15.0. The first kappa shape index (κ1) is 21.3. The molecule has 0 N–H and O–H groups in total. The highest BCUT2D eigenvalue weighted by Crippen LogP contribution is 2.32. The normalized spacial score (nSPS) is 14.3. The molecule has 1 amide bonds. The Morgan fingerprint density at radius 3 is 2.32 bits per heavy atom. The Morgan fingerprint density at radius 1 is 1.03 bits per heavy atom. The number of halogens is 1. The molecule has 0 aliphatic carbocycles. The summed E-state index contributed by atoms with van der Waals surface area (Å²) in [5.41, 5.74) is 3.82. The summed E-state index contributed by atoms with van der Waals surface area (Å²) in [5, 5.41) is -0.696. The van der Waals surface area contributed by atoms with Crippen molar-refractivity contribution in [2.24, 2.45) is 0 Å². The van der Waals surface area contributed by atoms with Crippen molar-refractivity contribution in [3.05, 3.63) is 77.5 Å². The Morgan fingerprint density at radius 2 is 1.68 bits per heavy atom. The van der Waals surface area contributed by atoms with Gasteiger partial charge in [-0.05, 0) is 19.4 Å². The molecule has 0 saturated carbocycles. The fourth-order valence-corrected chi connectivity index (χ4v) is 4.05. The second kappa shape index (κ2) is 9.06. The van der Waals surface area contributed by atoms with Crippen LogP contribution in [0.5, 0.6) is 0 Å². The van der Waals surface area contributed by atoms with E-state index in [1.165, 1.54) is 0 Å². The van der Waals surface area contributed by atoms with Gasteiger partial charge in [0.05, 0.1) is 12.2 Å². The highest BCUT2D eigenvalue weighted by Gasteiger charge is 2.31. The first-order valence-corrected chi connectivity index (χ1v) is 11.0. The lowest BCUT2D eigenvalue weighted by molar-refractivity contribution is -0.131. The van der Waals surface area contributed by atoms with E-state index in [9.17, 15) is 4.79 Å². The molecule has 0 spiro atoms. The van der Waals surface area contributed by atoms with Crippen LogP contribution < -0.4 is 4.90 Å². The second-order valence-corrected chi connectivity index (χ2v) is 8.59. The molecule has 2 heterocycles. The van der Waals surface area contributed by atoms with Gasteiger partial charge >= 0.3 is 0 Å². The predicted molar refractivity (Wildman–Crippen MR) is 125 cm³/mol. The second-order valence-electron chi connectivity index (χ2n) is 8.15. The standard InChI is InChI=1S/C25H27ClN4O/c1-17(2)29(3)24-20-16-30(25(31)22(26)18-10-6-4-7-11-18)15-14-21(20)27-23(28-24)19-12-8-5-9-13-19/h4-13,17,22H,14-16H2,1-3H3. The molecule has 3 aromatic rings. The Labute approximate surface area is 188 Å². The van der Waals surface area contributed by atoms with Gasteiger partial charge in [-0.25, -0.2) is 9.97 Å². The maximum Gasteiger partial charge on any atom is 0.245 e. The smallest absolute Gasteiger partial charge is 0.245 e. The van der Waals surface area contributed by atoms with Crippen LogP contribution in [-0.2, 0) is 17.8 Å². The molecule has 1 unspecified atom stereocenters. The van der Waals surface area contributed by atoms with Crippen LogP contribution in [0.15, 0.2) is 60.7 Å². The zero-order valence-electron chi connectivity index (χ0n) is 18.1. The van der Waals surface area contributed by atoms with Crippen LogP contribution in [0.25, 0.3) is 11.4 Å². The Hall–Kier alpha value is -2.92. The van der Waals surface area contributed by atoms with E-state index < -0.39 is 5.38 Å². The van der Waals surface area contributed by atoms with Crippen molar-refractivity contribution in [2.45, 2.75) is 38.2 Å². The van der Waals surface area contributed by atoms with E-state index in [1.807, 2.05) is 72.6 Å². The van der Waals surface area contributed by atoms with E-state index >= 15 is 0 Å². The maximum atomic E-state index is 13.2. The third-order valence-electron chi connectivity index (χ3n) is 5.80. The number of carbonyl (C=O) groups is 1. The van der Waals surface area contributed by atoms with Crippen molar-refractivity contribution in [3.8, 4) is 11.4 Å². The number of rotatable bonds is 5. The molecule has 1 atom stereocenters. The third kappa shape index (κ3) is 4.42. The number of hydrogen-bond donors (Lipinski definition) is 0. The molecule has 6 heteroatoms. The Bertz CT molecular complexity index is 1060. The molecule has 1 aliphatic heterocycles. The minimum atomic E-state index is -0.696. The van der Waals surface area contributed by atoms with E-state index in [-0.39, 0.29) is 11.9 Å². The summed E-state index contributed by atoms with van der Waals surface area (Å²) in [6.07, 6.45) is 0.681. The molecule has 1 aliphatic rings. The average molecular weight is 435 g/mol. The van der Waals surface area contributed by atoms with Crippen molar-refractivity contribution in [3.63, 3.8) is 0 Å². The lowest BCUT2D eigenvalue weighted by Gasteiger charge is -2.34. The topological polar surface area (TPSA) is 49.3 Å². The van der Waals surface area contributed by atoms with Crippen molar-refractivity contribution >= 4 is 23.3 Å². The fourth-order valence-electron chi connectivity index (χ4n) is 3.76. The van der Waals surface area contributed by atoms with E-state index in [0.29, 0.717) is 19.5 Å². The van der Waals surface area contributed by atoms with Crippen molar-refractivity contribution in [1.29, 1.82) is 0 Å². The summed E-state index contributed by atoms with van der Waals surface area (Å²) in [4.78, 5) is 26.9. The number of anilines is 1. The maximum absolute atomic E-state index is 13.2. The van der Waals surface area contributed by atoms with E-state index in [4.69, 9.17) is 21.6 Å². The highest BCUT2D eigenvalue weighted by atomic mass is 35.5. The first-order valence-electron chi connectivity index (χ1n) is 10.6. The van der Waals surface area contributed by atoms with Crippen LogP contribution in [0, 0.1) is 0 Å². The SMILES string of the molecule is CC(C)N(C)c1nc(-c2ccccc2)nc2c1CN(C(=O)C(Cl)c1ccccc1)CC2. The third-order valence-corrected chi connectivity index (χ3v) is 6.24. The number of carbonyl (C=O) groups excluding carboxylic acids is 1. The molecule has 0 saturated heterocycles. The molecular weight excluding hydrogens is 408 g/mol. The van der Waals surface area contributed by atoms with Crippen LogP contribution in [-0.4, -0.2) is 40.4 Å². The van der Waals surface area contributed by atoms with Gasteiger partial charge in [0, 0.05) is 37.2 Å². The lowest BCUT2D eigenvalue weighted by Crippen LogP contribution is -2.40. The molecule has 0 radical (unpaired) electrons. The molecule has 31 heavy (non-hydrogen) atoms. The van der Waals surface area contributed by atoms with Crippen molar-refractivity contribution in [2.75, 3.05) is 18.5 Å². The number of nitrogens with zero attached hydrogens (tertiary/aromatic N) is 4. The minimum Gasteiger partial charge on any atom is -0.357 e. The molecule has 0 bridgehead atoms. The van der Waals surface area contributed by atoms with Crippen LogP contribution in [0.1, 0.15) is 36.0 Å². The van der Waals surface area contributed by atoms with Gasteiger partial charge in [-0.3, -0.25) is 4.79 Å². The number of hydrogen-bond acceptors (Lipinski definition) is 4. The average Bonchev–Trinajstić information content (AvgIpc) is 2.82.